The number of amides is 1. The van der Waals surface area contributed by atoms with E-state index in [1.165, 1.54) is 12.8 Å². The van der Waals surface area contributed by atoms with Crippen molar-refractivity contribution in [1.29, 1.82) is 0 Å². The van der Waals surface area contributed by atoms with Gasteiger partial charge < -0.3 is 5.32 Å². The summed E-state index contributed by atoms with van der Waals surface area (Å²) < 4.78 is 0. The molecule has 2 aliphatic rings. The average Bonchev–Trinajstić information content (AvgIpc) is 2.81. The first-order valence-electron chi connectivity index (χ1n) is 4.19. The molecule has 1 N–H and O–H groups in total. The van der Waals surface area contributed by atoms with Gasteiger partial charge in [-0.3, -0.25) is 9.69 Å². The van der Waals surface area contributed by atoms with Gasteiger partial charge in [0.2, 0.25) is 5.91 Å². The van der Waals surface area contributed by atoms with Crippen molar-refractivity contribution in [2.75, 3.05) is 14.1 Å². The molecule has 2 rings (SSSR count). The average molecular weight is 154 g/mol. The highest BCUT2D eigenvalue weighted by molar-refractivity contribution is 5.85. The van der Waals surface area contributed by atoms with Crippen LogP contribution in [0.15, 0.2) is 0 Å². The van der Waals surface area contributed by atoms with E-state index in [0.717, 1.165) is 5.92 Å². The van der Waals surface area contributed by atoms with Crippen LogP contribution in [0.25, 0.3) is 0 Å². The van der Waals surface area contributed by atoms with Crippen LogP contribution in [-0.4, -0.2) is 37.0 Å². The Balaban J connectivity index is 1.92. The lowest BCUT2D eigenvalue weighted by Gasteiger charge is -1.93. The number of hydrogen-bond acceptors (Lipinski definition) is 2. The summed E-state index contributed by atoms with van der Waals surface area (Å²) in [5.74, 6) is 1.01. The molecule has 0 aromatic rings. The minimum Gasteiger partial charge on any atom is -0.358 e. The predicted molar refractivity (Wildman–Crippen MR) is 42.1 cm³/mol. The topological polar surface area (TPSA) is 32.1 Å². The Kier molecular flexibility index (Phi) is 1.42. The van der Waals surface area contributed by atoms with Gasteiger partial charge in [-0.05, 0) is 25.8 Å². The van der Waals surface area contributed by atoms with Crippen LogP contribution < -0.4 is 5.32 Å². The van der Waals surface area contributed by atoms with Crippen molar-refractivity contribution >= 4 is 5.91 Å². The summed E-state index contributed by atoms with van der Waals surface area (Å²) in [7, 11) is 3.74. The third-order valence-electron chi connectivity index (χ3n) is 2.76. The molecule has 0 bridgehead atoms. The molecule has 0 spiro atoms. The Hall–Kier alpha value is -0.570. The van der Waals surface area contributed by atoms with Gasteiger partial charge in [0, 0.05) is 13.1 Å². The number of carbonyl (C=O) groups excluding carboxylic acids is 1. The van der Waals surface area contributed by atoms with Gasteiger partial charge in [0.25, 0.3) is 0 Å². The maximum Gasteiger partial charge on any atom is 0.238 e. The standard InChI is InChI=1S/C8H14N2O/c1-9-8(11)7-6(10(7)2)5-3-4-5/h5-7H,3-4H2,1-2H3,(H,9,11)/t6?,7-,10?/m1/s1. The number of nitrogens with one attached hydrogen (secondary N) is 1. The molecular formula is C8H14N2O. The molecule has 2 unspecified atom stereocenters. The molecule has 1 saturated heterocycles. The zero-order chi connectivity index (χ0) is 8.01. The highest BCUT2D eigenvalue weighted by Gasteiger charge is 2.56. The zero-order valence-electron chi connectivity index (χ0n) is 7.00. The van der Waals surface area contributed by atoms with E-state index in [1.807, 2.05) is 7.05 Å². The van der Waals surface area contributed by atoms with Crippen molar-refractivity contribution in [3.8, 4) is 0 Å². The van der Waals surface area contributed by atoms with Crippen LogP contribution in [0.5, 0.6) is 0 Å². The fraction of sp³-hybridized carbons (Fsp3) is 0.875. The molecule has 1 aliphatic carbocycles. The zero-order valence-corrected chi connectivity index (χ0v) is 7.00. The van der Waals surface area contributed by atoms with Crippen molar-refractivity contribution < 1.29 is 4.79 Å². The summed E-state index contributed by atoms with van der Waals surface area (Å²) in [5, 5.41) is 2.69. The van der Waals surface area contributed by atoms with Crippen LogP contribution >= 0.6 is 0 Å². The molecule has 62 valence electrons. The largest absolute Gasteiger partial charge is 0.358 e. The second kappa shape index (κ2) is 2.21. The van der Waals surface area contributed by atoms with Gasteiger partial charge in [0.15, 0.2) is 0 Å². The number of hydrogen-bond donors (Lipinski definition) is 1. The van der Waals surface area contributed by atoms with Gasteiger partial charge in [0.05, 0.1) is 0 Å². The van der Waals surface area contributed by atoms with E-state index in [0.29, 0.717) is 6.04 Å². The molecule has 1 amide bonds. The molecule has 3 nitrogen and oxygen atoms in total. The third-order valence-corrected chi connectivity index (χ3v) is 2.76. The minimum absolute atomic E-state index is 0.185. The highest BCUT2D eigenvalue weighted by atomic mass is 16.2. The first kappa shape index (κ1) is 7.10. The lowest BCUT2D eigenvalue weighted by molar-refractivity contribution is -0.120. The summed E-state index contributed by atoms with van der Waals surface area (Å²) in [4.78, 5) is 13.3. The van der Waals surface area contributed by atoms with Gasteiger partial charge in [0.1, 0.15) is 6.04 Å². The smallest absolute Gasteiger partial charge is 0.238 e. The predicted octanol–water partition coefficient (Wildman–Crippen LogP) is -0.175. The number of nitrogens with zero attached hydrogens (tertiary/aromatic N) is 1. The lowest BCUT2D eigenvalue weighted by Crippen LogP contribution is -2.26. The molecular weight excluding hydrogens is 140 g/mol. The Morgan fingerprint density at radius 1 is 1.55 bits per heavy atom. The van der Waals surface area contributed by atoms with E-state index in [2.05, 4.69) is 10.2 Å². The minimum atomic E-state index is 0.185. The van der Waals surface area contributed by atoms with E-state index in [4.69, 9.17) is 0 Å². The van der Waals surface area contributed by atoms with E-state index >= 15 is 0 Å². The molecule has 0 aromatic carbocycles. The van der Waals surface area contributed by atoms with E-state index in [1.54, 1.807) is 7.05 Å². The van der Waals surface area contributed by atoms with Gasteiger partial charge in [-0.15, -0.1) is 0 Å². The summed E-state index contributed by atoms with van der Waals surface area (Å²) in [5.41, 5.74) is 0. The Morgan fingerprint density at radius 2 is 2.18 bits per heavy atom. The summed E-state index contributed by atoms with van der Waals surface area (Å²) in [6, 6.07) is 0.752. The van der Waals surface area contributed by atoms with Crippen LogP contribution in [0.2, 0.25) is 0 Å². The van der Waals surface area contributed by atoms with Crippen LogP contribution in [-0.2, 0) is 4.79 Å². The molecule has 3 heteroatoms. The van der Waals surface area contributed by atoms with Crippen LogP contribution in [0, 0.1) is 5.92 Å². The van der Waals surface area contributed by atoms with Gasteiger partial charge >= 0.3 is 0 Å². The monoisotopic (exact) mass is 154 g/mol. The fourth-order valence-corrected chi connectivity index (χ4v) is 1.88. The van der Waals surface area contributed by atoms with Gasteiger partial charge in [-0.25, -0.2) is 0 Å². The van der Waals surface area contributed by atoms with Crippen molar-refractivity contribution in [3.63, 3.8) is 0 Å². The molecule has 1 heterocycles. The molecule has 0 radical (unpaired) electrons. The van der Waals surface area contributed by atoms with Crippen LogP contribution in [0.4, 0.5) is 0 Å². The molecule has 11 heavy (non-hydrogen) atoms. The Bertz CT molecular complexity index is 189. The lowest BCUT2D eigenvalue weighted by atomic mass is 10.2. The maximum atomic E-state index is 11.2. The van der Waals surface area contributed by atoms with Crippen molar-refractivity contribution in [1.82, 2.24) is 10.2 Å². The second-order valence-electron chi connectivity index (χ2n) is 3.55. The summed E-state index contributed by atoms with van der Waals surface area (Å²) in [6.07, 6.45) is 2.64. The quantitative estimate of drug-likeness (QED) is 0.560. The Labute approximate surface area is 66.8 Å². The number of carbonyl (C=O) groups is 1. The van der Waals surface area contributed by atoms with E-state index in [-0.39, 0.29) is 11.9 Å². The number of likely N-dealkylation sites (N-methyl/N-ethyl adjacent to an activating group) is 2. The van der Waals surface area contributed by atoms with Crippen LogP contribution in [0.3, 0.4) is 0 Å². The maximum absolute atomic E-state index is 11.2. The van der Waals surface area contributed by atoms with E-state index in [9.17, 15) is 4.79 Å². The fourth-order valence-electron chi connectivity index (χ4n) is 1.88. The molecule has 3 atom stereocenters. The number of rotatable bonds is 2. The Morgan fingerprint density at radius 3 is 2.64 bits per heavy atom. The molecule has 1 saturated carbocycles. The normalized spacial score (nSPS) is 41.8. The van der Waals surface area contributed by atoms with Crippen molar-refractivity contribution in [2.45, 2.75) is 24.9 Å². The second-order valence-corrected chi connectivity index (χ2v) is 3.55. The van der Waals surface area contributed by atoms with Crippen molar-refractivity contribution in [2.24, 2.45) is 5.92 Å². The van der Waals surface area contributed by atoms with Gasteiger partial charge in [-0.2, -0.15) is 0 Å². The molecule has 1 aliphatic heterocycles. The third kappa shape index (κ3) is 1.03. The molecule has 2 fully saturated rings. The summed E-state index contributed by atoms with van der Waals surface area (Å²) in [6.45, 7) is 0. The first-order chi connectivity index (χ1) is 5.25. The summed E-state index contributed by atoms with van der Waals surface area (Å²) >= 11 is 0. The van der Waals surface area contributed by atoms with Crippen molar-refractivity contribution in [3.05, 3.63) is 0 Å². The molecule has 0 aromatic heterocycles. The highest BCUT2D eigenvalue weighted by Crippen LogP contribution is 2.45. The van der Waals surface area contributed by atoms with Crippen LogP contribution in [0.1, 0.15) is 12.8 Å². The van der Waals surface area contributed by atoms with E-state index < -0.39 is 0 Å². The first-order valence-corrected chi connectivity index (χ1v) is 4.19. The SMILES string of the molecule is CNC(=O)[C@H]1C(C2CC2)N1C. The van der Waals surface area contributed by atoms with Gasteiger partial charge in [-0.1, -0.05) is 0 Å².